The number of esters is 1. The predicted molar refractivity (Wildman–Crippen MR) is 72.6 cm³/mol. The van der Waals surface area contributed by atoms with Crippen LogP contribution in [0.5, 0.6) is 0 Å². The van der Waals surface area contributed by atoms with Crippen LogP contribution in [0.2, 0.25) is 0 Å². The van der Waals surface area contributed by atoms with Crippen LogP contribution in [0.4, 0.5) is 0 Å². The molecule has 90 valence electrons. The monoisotopic (exact) mass is 238 g/mol. The van der Waals surface area contributed by atoms with Gasteiger partial charge in [-0.2, -0.15) is 0 Å². The van der Waals surface area contributed by atoms with Crippen molar-refractivity contribution in [3.8, 4) is 0 Å². The molecule has 0 unspecified atom stereocenters. The normalized spacial score (nSPS) is 12.7. The van der Waals surface area contributed by atoms with Crippen molar-refractivity contribution < 1.29 is 9.53 Å². The van der Waals surface area contributed by atoms with Gasteiger partial charge >= 0.3 is 5.97 Å². The molecule has 18 heavy (non-hydrogen) atoms. The van der Waals surface area contributed by atoms with Crippen molar-refractivity contribution in [3.05, 3.63) is 53.1 Å². The first-order valence-electron chi connectivity index (χ1n) is 6.19. The summed E-state index contributed by atoms with van der Waals surface area (Å²) in [5, 5.41) is 2.37. The molecular formula is C16H14O2. The molecule has 2 nitrogen and oxygen atoms in total. The summed E-state index contributed by atoms with van der Waals surface area (Å²) in [4.78, 5) is 11.8. The maximum atomic E-state index is 11.8. The number of hydrogen-bond donors (Lipinski definition) is 0. The van der Waals surface area contributed by atoms with Gasteiger partial charge in [0.05, 0.1) is 12.2 Å². The van der Waals surface area contributed by atoms with E-state index in [0.717, 1.165) is 17.4 Å². The summed E-state index contributed by atoms with van der Waals surface area (Å²) in [5.74, 6) is -0.250. The molecule has 0 heterocycles. The highest BCUT2D eigenvalue weighted by molar-refractivity contribution is 6.01. The fourth-order valence-electron chi connectivity index (χ4n) is 2.49. The summed E-state index contributed by atoms with van der Waals surface area (Å²) >= 11 is 0. The van der Waals surface area contributed by atoms with E-state index in [0.29, 0.717) is 12.2 Å². The quantitative estimate of drug-likeness (QED) is 0.747. The summed E-state index contributed by atoms with van der Waals surface area (Å²) in [5.41, 5.74) is 3.06. The van der Waals surface area contributed by atoms with Crippen LogP contribution >= 0.6 is 0 Å². The third-order valence-corrected chi connectivity index (χ3v) is 3.24. The largest absolute Gasteiger partial charge is 0.462 e. The van der Waals surface area contributed by atoms with Crippen LogP contribution in [0.3, 0.4) is 0 Å². The molecule has 0 amide bonds. The van der Waals surface area contributed by atoms with Gasteiger partial charge in [-0.1, -0.05) is 30.4 Å². The Labute approximate surface area is 106 Å². The Morgan fingerprint density at radius 1 is 1.33 bits per heavy atom. The zero-order valence-corrected chi connectivity index (χ0v) is 10.3. The zero-order valence-electron chi connectivity index (χ0n) is 10.3. The maximum absolute atomic E-state index is 11.8. The Morgan fingerprint density at radius 3 is 3.06 bits per heavy atom. The number of allylic oxidation sites excluding steroid dienone is 1. The van der Waals surface area contributed by atoms with Gasteiger partial charge in [-0.15, -0.1) is 0 Å². The molecule has 0 saturated carbocycles. The van der Waals surface area contributed by atoms with Crippen molar-refractivity contribution in [2.24, 2.45) is 0 Å². The highest BCUT2D eigenvalue weighted by Gasteiger charge is 2.13. The Balaban J connectivity index is 2.22. The molecule has 0 atom stereocenters. The lowest BCUT2D eigenvalue weighted by molar-refractivity contribution is 0.0526. The Hall–Kier alpha value is -2.09. The van der Waals surface area contributed by atoms with E-state index in [2.05, 4.69) is 18.2 Å². The van der Waals surface area contributed by atoms with Crippen molar-refractivity contribution in [1.29, 1.82) is 0 Å². The molecule has 1 aliphatic carbocycles. The van der Waals surface area contributed by atoms with Crippen LogP contribution in [-0.4, -0.2) is 12.6 Å². The lowest BCUT2D eigenvalue weighted by atomic mass is 9.91. The van der Waals surface area contributed by atoms with Gasteiger partial charge in [0.25, 0.3) is 0 Å². The van der Waals surface area contributed by atoms with Gasteiger partial charge in [-0.3, -0.25) is 0 Å². The summed E-state index contributed by atoms with van der Waals surface area (Å²) < 4.78 is 5.06. The molecule has 0 N–H and O–H groups in total. The van der Waals surface area contributed by atoms with Crippen LogP contribution in [0.25, 0.3) is 16.8 Å². The van der Waals surface area contributed by atoms with Gasteiger partial charge in [-0.25, -0.2) is 4.79 Å². The molecule has 0 radical (unpaired) electrons. The number of carbonyl (C=O) groups excluding carboxylic acids is 1. The van der Waals surface area contributed by atoms with Crippen molar-refractivity contribution in [1.82, 2.24) is 0 Å². The second-order valence-electron chi connectivity index (χ2n) is 4.41. The van der Waals surface area contributed by atoms with E-state index in [1.165, 1.54) is 10.9 Å². The van der Waals surface area contributed by atoms with E-state index in [1.54, 1.807) is 0 Å². The minimum atomic E-state index is -0.250. The third-order valence-electron chi connectivity index (χ3n) is 3.24. The van der Waals surface area contributed by atoms with Crippen molar-refractivity contribution in [2.45, 2.75) is 13.3 Å². The van der Waals surface area contributed by atoms with E-state index in [-0.39, 0.29) is 5.97 Å². The average Bonchev–Trinajstić information content (AvgIpc) is 2.39. The molecule has 0 bridgehead atoms. The Bertz CT molecular complexity index is 653. The standard InChI is InChI=1S/C16H14O2/c1-2-18-16(17)14-9-12-7-3-5-11-6-4-8-13(10-14)15(11)12/h3-5,7-10H,2,6H2,1H3. The molecule has 2 aromatic rings. The van der Waals surface area contributed by atoms with E-state index >= 15 is 0 Å². The molecule has 0 spiro atoms. The minimum absolute atomic E-state index is 0.250. The number of hydrogen-bond acceptors (Lipinski definition) is 2. The van der Waals surface area contributed by atoms with E-state index in [4.69, 9.17) is 4.74 Å². The molecular weight excluding hydrogens is 224 g/mol. The lowest BCUT2D eigenvalue weighted by Gasteiger charge is -2.14. The lowest BCUT2D eigenvalue weighted by Crippen LogP contribution is -2.05. The molecule has 2 aromatic carbocycles. The topological polar surface area (TPSA) is 26.3 Å². The first-order chi connectivity index (χ1) is 8.79. The second-order valence-corrected chi connectivity index (χ2v) is 4.41. The second kappa shape index (κ2) is 4.30. The molecule has 0 fully saturated rings. The summed E-state index contributed by atoms with van der Waals surface area (Å²) in [6.07, 6.45) is 5.17. The first-order valence-corrected chi connectivity index (χ1v) is 6.19. The van der Waals surface area contributed by atoms with Gasteiger partial charge in [0, 0.05) is 0 Å². The SMILES string of the molecule is CCOC(=O)c1cc2c3c(cccc3c1)CC=C2. The van der Waals surface area contributed by atoms with E-state index in [9.17, 15) is 4.79 Å². The van der Waals surface area contributed by atoms with Gasteiger partial charge in [0.15, 0.2) is 0 Å². The van der Waals surface area contributed by atoms with Gasteiger partial charge < -0.3 is 4.74 Å². The average molecular weight is 238 g/mol. The number of carbonyl (C=O) groups is 1. The molecule has 2 heteroatoms. The van der Waals surface area contributed by atoms with Crippen LogP contribution in [0, 0.1) is 0 Å². The predicted octanol–water partition coefficient (Wildman–Crippen LogP) is 3.59. The Morgan fingerprint density at radius 2 is 2.22 bits per heavy atom. The van der Waals surface area contributed by atoms with Crippen LogP contribution in [0.1, 0.15) is 28.4 Å². The summed E-state index contributed by atoms with van der Waals surface area (Å²) in [6.45, 7) is 2.23. The molecule has 0 aliphatic heterocycles. The van der Waals surface area contributed by atoms with Crippen molar-refractivity contribution in [2.75, 3.05) is 6.61 Å². The van der Waals surface area contributed by atoms with E-state index in [1.807, 2.05) is 31.2 Å². The van der Waals surface area contributed by atoms with Gasteiger partial charge in [0.1, 0.15) is 0 Å². The molecule has 0 saturated heterocycles. The number of rotatable bonds is 2. The van der Waals surface area contributed by atoms with Gasteiger partial charge in [-0.05, 0) is 47.4 Å². The molecule has 0 aromatic heterocycles. The van der Waals surface area contributed by atoms with Gasteiger partial charge in [0.2, 0.25) is 0 Å². The summed E-state index contributed by atoms with van der Waals surface area (Å²) in [6, 6.07) is 10.1. The molecule has 1 aliphatic rings. The van der Waals surface area contributed by atoms with Crippen LogP contribution < -0.4 is 0 Å². The zero-order chi connectivity index (χ0) is 12.5. The number of ether oxygens (including phenoxy) is 1. The number of benzene rings is 2. The highest BCUT2D eigenvalue weighted by Crippen LogP contribution is 2.29. The smallest absolute Gasteiger partial charge is 0.338 e. The van der Waals surface area contributed by atoms with Crippen molar-refractivity contribution >= 4 is 22.8 Å². The fourth-order valence-corrected chi connectivity index (χ4v) is 2.49. The van der Waals surface area contributed by atoms with Crippen molar-refractivity contribution in [3.63, 3.8) is 0 Å². The maximum Gasteiger partial charge on any atom is 0.338 e. The third kappa shape index (κ3) is 1.70. The highest BCUT2D eigenvalue weighted by atomic mass is 16.5. The van der Waals surface area contributed by atoms with Crippen LogP contribution in [-0.2, 0) is 11.2 Å². The first kappa shape index (κ1) is 11.0. The molecule has 3 rings (SSSR count). The minimum Gasteiger partial charge on any atom is -0.462 e. The fraction of sp³-hybridized carbons (Fsp3) is 0.188. The Kier molecular flexibility index (Phi) is 2.63. The summed E-state index contributed by atoms with van der Waals surface area (Å²) in [7, 11) is 0. The van der Waals surface area contributed by atoms with Crippen LogP contribution in [0.15, 0.2) is 36.4 Å². The van der Waals surface area contributed by atoms with E-state index < -0.39 is 0 Å².